The largest absolute Gasteiger partial charge is 0.399 e. The molecule has 2 N–H and O–H groups in total. The van der Waals surface area contributed by atoms with Gasteiger partial charge in [0.1, 0.15) is 4.90 Å². The molecule has 2 aliphatic heterocycles. The van der Waals surface area contributed by atoms with Gasteiger partial charge in [-0.2, -0.15) is 4.31 Å². The van der Waals surface area contributed by atoms with E-state index in [4.69, 9.17) is 5.73 Å². The minimum absolute atomic E-state index is 0.395. The standard InChI is InChI=1S/C18H29N3O2S/c19-16-9-10-17(20-11-5-1-2-6-12-20)18(15-16)24(22,23)21-13-7-3-4-8-14-21/h9-10,15H,1-8,11-14,19H2. The molecule has 24 heavy (non-hydrogen) atoms. The predicted molar refractivity (Wildman–Crippen MR) is 98.8 cm³/mol. The van der Waals surface area contributed by atoms with Crippen LogP contribution < -0.4 is 10.6 Å². The van der Waals surface area contributed by atoms with Crippen LogP contribution >= 0.6 is 0 Å². The van der Waals surface area contributed by atoms with Gasteiger partial charge in [-0.1, -0.05) is 25.7 Å². The van der Waals surface area contributed by atoms with Gasteiger partial charge in [0.05, 0.1) is 5.69 Å². The Kier molecular flexibility index (Phi) is 5.66. The number of rotatable bonds is 3. The second-order valence-electron chi connectivity index (χ2n) is 6.95. The maximum Gasteiger partial charge on any atom is 0.245 e. The molecule has 3 rings (SSSR count). The number of hydrogen-bond donors (Lipinski definition) is 1. The average molecular weight is 352 g/mol. The number of sulfonamides is 1. The van der Waals surface area contributed by atoms with E-state index in [9.17, 15) is 8.42 Å². The van der Waals surface area contributed by atoms with Crippen molar-refractivity contribution < 1.29 is 8.42 Å². The molecule has 0 radical (unpaired) electrons. The molecule has 0 aliphatic carbocycles. The Balaban J connectivity index is 1.97. The topological polar surface area (TPSA) is 66.6 Å². The maximum atomic E-state index is 13.3. The third-order valence-electron chi connectivity index (χ3n) is 5.11. The molecule has 0 saturated carbocycles. The molecule has 6 heteroatoms. The summed E-state index contributed by atoms with van der Waals surface area (Å²) in [5.74, 6) is 0. The molecule has 2 heterocycles. The fourth-order valence-corrected chi connectivity index (χ4v) is 5.49. The van der Waals surface area contributed by atoms with Crippen LogP contribution in [0, 0.1) is 0 Å². The van der Waals surface area contributed by atoms with Gasteiger partial charge in [-0.25, -0.2) is 8.42 Å². The van der Waals surface area contributed by atoms with Crippen molar-refractivity contribution >= 4 is 21.4 Å². The van der Waals surface area contributed by atoms with Gasteiger partial charge in [0.25, 0.3) is 0 Å². The lowest BCUT2D eigenvalue weighted by molar-refractivity contribution is 0.423. The number of nitrogens with two attached hydrogens (primary N) is 1. The average Bonchev–Trinajstić information content (AvgIpc) is 3.00. The number of nitrogens with zero attached hydrogens (tertiary/aromatic N) is 2. The molecule has 2 saturated heterocycles. The van der Waals surface area contributed by atoms with Crippen LogP contribution in [-0.4, -0.2) is 38.9 Å². The van der Waals surface area contributed by atoms with Crippen LogP contribution in [0.25, 0.3) is 0 Å². The van der Waals surface area contributed by atoms with E-state index >= 15 is 0 Å². The predicted octanol–water partition coefficient (Wildman–Crippen LogP) is 3.21. The van der Waals surface area contributed by atoms with Crippen LogP contribution in [0.15, 0.2) is 23.1 Å². The highest BCUT2D eigenvalue weighted by Crippen LogP contribution is 2.32. The summed E-state index contributed by atoms with van der Waals surface area (Å²) in [6.45, 7) is 3.09. The molecule has 0 atom stereocenters. The minimum atomic E-state index is -3.49. The van der Waals surface area contributed by atoms with Gasteiger partial charge >= 0.3 is 0 Å². The Labute approximate surface area is 145 Å². The van der Waals surface area contributed by atoms with Gasteiger partial charge in [0.15, 0.2) is 0 Å². The Bertz CT molecular complexity index is 644. The lowest BCUT2D eigenvalue weighted by Crippen LogP contribution is -2.34. The zero-order valence-electron chi connectivity index (χ0n) is 14.4. The van der Waals surface area contributed by atoms with Crippen LogP contribution in [-0.2, 0) is 10.0 Å². The first kappa shape index (κ1) is 17.5. The number of nitrogen functional groups attached to an aromatic ring is 1. The molecule has 2 fully saturated rings. The van der Waals surface area contributed by atoms with E-state index in [1.165, 1.54) is 12.8 Å². The second-order valence-corrected chi connectivity index (χ2v) is 8.85. The van der Waals surface area contributed by atoms with Crippen molar-refractivity contribution in [1.82, 2.24) is 4.31 Å². The van der Waals surface area contributed by atoms with Crippen molar-refractivity contribution in [2.45, 2.75) is 56.3 Å². The molecule has 5 nitrogen and oxygen atoms in total. The highest BCUT2D eigenvalue weighted by atomic mass is 32.2. The molecule has 2 aliphatic rings. The molecular formula is C18H29N3O2S. The van der Waals surface area contributed by atoms with Gasteiger partial charge in [0.2, 0.25) is 10.0 Å². The lowest BCUT2D eigenvalue weighted by Gasteiger charge is -2.28. The van der Waals surface area contributed by atoms with Crippen LogP contribution in [0.4, 0.5) is 11.4 Å². The van der Waals surface area contributed by atoms with Gasteiger partial charge < -0.3 is 10.6 Å². The maximum absolute atomic E-state index is 13.3. The fraction of sp³-hybridized carbons (Fsp3) is 0.667. The number of hydrogen-bond acceptors (Lipinski definition) is 4. The zero-order valence-corrected chi connectivity index (χ0v) is 15.2. The van der Waals surface area contributed by atoms with Gasteiger partial charge in [-0.05, 0) is 43.9 Å². The van der Waals surface area contributed by atoms with E-state index < -0.39 is 10.0 Å². The first-order valence-corrected chi connectivity index (χ1v) is 10.7. The van der Waals surface area contributed by atoms with Crippen LogP contribution in [0.5, 0.6) is 0 Å². The Morgan fingerprint density at radius 3 is 1.92 bits per heavy atom. The van der Waals surface area contributed by atoms with Crippen LogP contribution in [0.2, 0.25) is 0 Å². The monoisotopic (exact) mass is 351 g/mol. The normalized spacial score (nSPS) is 21.2. The fourth-order valence-electron chi connectivity index (χ4n) is 3.73. The quantitative estimate of drug-likeness (QED) is 0.849. The van der Waals surface area contributed by atoms with E-state index in [1.807, 2.05) is 12.1 Å². The molecule has 0 unspecified atom stereocenters. The van der Waals surface area contributed by atoms with E-state index in [0.29, 0.717) is 23.7 Å². The molecule has 1 aromatic rings. The summed E-state index contributed by atoms with van der Waals surface area (Å²) >= 11 is 0. The van der Waals surface area contributed by atoms with Crippen molar-refractivity contribution in [3.63, 3.8) is 0 Å². The minimum Gasteiger partial charge on any atom is -0.399 e. The smallest absolute Gasteiger partial charge is 0.245 e. The molecule has 0 spiro atoms. The summed E-state index contributed by atoms with van der Waals surface area (Å²) in [4.78, 5) is 2.63. The molecule has 0 aromatic heterocycles. The van der Waals surface area contributed by atoms with Crippen LogP contribution in [0.1, 0.15) is 51.4 Å². The van der Waals surface area contributed by atoms with E-state index in [0.717, 1.165) is 57.3 Å². The molecule has 1 aromatic carbocycles. The number of benzene rings is 1. The summed E-state index contributed by atoms with van der Waals surface area (Å²) < 4.78 is 28.2. The van der Waals surface area contributed by atoms with Gasteiger partial charge in [0, 0.05) is 31.9 Å². The third kappa shape index (κ3) is 3.86. The Morgan fingerprint density at radius 2 is 1.33 bits per heavy atom. The highest BCUT2D eigenvalue weighted by molar-refractivity contribution is 7.89. The molecule has 0 amide bonds. The third-order valence-corrected chi connectivity index (χ3v) is 7.04. The Hall–Kier alpha value is -1.27. The van der Waals surface area contributed by atoms with Crippen molar-refractivity contribution in [3.05, 3.63) is 18.2 Å². The molecule has 0 bridgehead atoms. The van der Waals surface area contributed by atoms with Crippen LogP contribution in [0.3, 0.4) is 0 Å². The molecule has 134 valence electrons. The first-order valence-electron chi connectivity index (χ1n) is 9.24. The summed E-state index contributed by atoms with van der Waals surface area (Å²) in [5.41, 5.74) is 7.29. The summed E-state index contributed by atoms with van der Waals surface area (Å²) in [6.07, 6.45) is 8.80. The summed E-state index contributed by atoms with van der Waals surface area (Å²) in [5, 5.41) is 0. The van der Waals surface area contributed by atoms with Crippen molar-refractivity contribution in [3.8, 4) is 0 Å². The summed E-state index contributed by atoms with van der Waals surface area (Å²) in [7, 11) is -3.49. The second kappa shape index (κ2) is 7.74. The van der Waals surface area contributed by atoms with Gasteiger partial charge in [-0.15, -0.1) is 0 Å². The lowest BCUT2D eigenvalue weighted by atomic mass is 10.2. The molecular weight excluding hydrogens is 322 g/mol. The van der Waals surface area contributed by atoms with Crippen molar-refractivity contribution in [2.24, 2.45) is 0 Å². The van der Waals surface area contributed by atoms with E-state index in [-0.39, 0.29) is 0 Å². The van der Waals surface area contributed by atoms with E-state index in [1.54, 1.807) is 10.4 Å². The zero-order chi connectivity index (χ0) is 17.0. The van der Waals surface area contributed by atoms with Crippen molar-refractivity contribution in [1.29, 1.82) is 0 Å². The number of anilines is 2. The van der Waals surface area contributed by atoms with Gasteiger partial charge in [-0.3, -0.25) is 0 Å². The SMILES string of the molecule is Nc1ccc(N2CCCCCC2)c(S(=O)(=O)N2CCCCCC2)c1. The van der Waals surface area contributed by atoms with Crippen molar-refractivity contribution in [2.75, 3.05) is 36.8 Å². The summed E-state index contributed by atoms with van der Waals surface area (Å²) in [6, 6.07) is 5.37. The Morgan fingerprint density at radius 1 is 0.792 bits per heavy atom. The first-order chi connectivity index (χ1) is 11.6. The van der Waals surface area contributed by atoms with E-state index in [2.05, 4.69) is 4.90 Å². The highest BCUT2D eigenvalue weighted by Gasteiger charge is 2.29.